The number of hydrogen-bond acceptors (Lipinski definition) is 2. The minimum Gasteiger partial charge on any atom is -0.317 e. The number of nitrogens with zero attached hydrogens (tertiary/aromatic N) is 2. The highest BCUT2D eigenvalue weighted by molar-refractivity contribution is 5.73. The summed E-state index contributed by atoms with van der Waals surface area (Å²) in [5, 5.41) is 0. The van der Waals surface area contributed by atoms with Crippen LogP contribution in [-0.4, -0.2) is 14.4 Å². The van der Waals surface area contributed by atoms with E-state index in [1.165, 1.54) is 11.1 Å². The molecule has 0 aliphatic heterocycles. The number of aryl methyl sites for hydroxylation is 1. The second kappa shape index (κ2) is 3.10. The maximum atomic E-state index is 11.9. The van der Waals surface area contributed by atoms with Crippen molar-refractivity contribution in [1.82, 2.24) is 14.4 Å². The zero-order valence-electron chi connectivity index (χ0n) is 9.90. The Hall–Kier alpha value is -2.36. The van der Waals surface area contributed by atoms with Gasteiger partial charge in [-0.1, -0.05) is 23.8 Å². The summed E-state index contributed by atoms with van der Waals surface area (Å²) in [5.41, 5.74) is 6.02. The number of aromatic amines is 1. The van der Waals surface area contributed by atoms with Gasteiger partial charge in [-0.3, -0.25) is 9.20 Å². The van der Waals surface area contributed by atoms with Crippen molar-refractivity contribution in [3.63, 3.8) is 0 Å². The summed E-state index contributed by atoms with van der Waals surface area (Å²) in [7, 11) is 0. The molecule has 1 aliphatic rings. The molecule has 88 valence electrons. The van der Waals surface area contributed by atoms with Gasteiger partial charge in [0.25, 0.3) is 5.56 Å². The summed E-state index contributed by atoms with van der Waals surface area (Å²) in [6, 6.07) is 6.33. The van der Waals surface area contributed by atoms with Crippen LogP contribution in [0, 0.1) is 6.92 Å². The largest absolute Gasteiger partial charge is 0.317 e. The first kappa shape index (κ1) is 9.65. The number of imidazole rings is 1. The second-order valence-electron chi connectivity index (χ2n) is 4.73. The predicted molar refractivity (Wildman–Crippen MR) is 68.8 cm³/mol. The number of benzene rings is 1. The van der Waals surface area contributed by atoms with E-state index in [4.69, 9.17) is 0 Å². The fourth-order valence-corrected chi connectivity index (χ4v) is 2.74. The lowest BCUT2D eigenvalue weighted by atomic mass is 10.1. The summed E-state index contributed by atoms with van der Waals surface area (Å²) in [4.78, 5) is 19.0. The molecule has 4 nitrogen and oxygen atoms in total. The minimum atomic E-state index is -0.132. The summed E-state index contributed by atoms with van der Waals surface area (Å²) >= 11 is 0. The Morgan fingerprint density at radius 3 is 3.17 bits per heavy atom. The molecule has 0 saturated heterocycles. The topological polar surface area (TPSA) is 50.2 Å². The number of fused-ring (bicyclic) bond motifs is 5. The van der Waals surface area contributed by atoms with Crippen LogP contribution < -0.4 is 5.56 Å². The van der Waals surface area contributed by atoms with Crippen molar-refractivity contribution in [2.45, 2.75) is 13.3 Å². The van der Waals surface area contributed by atoms with Crippen molar-refractivity contribution in [1.29, 1.82) is 0 Å². The first-order chi connectivity index (χ1) is 8.74. The average Bonchev–Trinajstić information content (AvgIpc) is 2.93. The van der Waals surface area contributed by atoms with E-state index in [1.807, 2.05) is 10.6 Å². The van der Waals surface area contributed by atoms with Crippen molar-refractivity contribution in [3.05, 3.63) is 57.8 Å². The van der Waals surface area contributed by atoms with Gasteiger partial charge >= 0.3 is 0 Å². The molecule has 1 N–H and O–H groups in total. The first-order valence-corrected chi connectivity index (χ1v) is 5.92. The van der Waals surface area contributed by atoms with Crippen molar-refractivity contribution < 1.29 is 0 Å². The quantitative estimate of drug-likeness (QED) is 0.508. The fraction of sp³-hybridized carbons (Fsp3) is 0.143. The molecule has 0 bridgehead atoms. The fourth-order valence-electron chi connectivity index (χ4n) is 2.74. The van der Waals surface area contributed by atoms with E-state index in [9.17, 15) is 4.79 Å². The van der Waals surface area contributed by atoms with Crippen LogP contribution in [0.2, 0.25) is 0 Å². The molecule has 4 rings (SSSR count). The normalized spacial score (nSPS) is 12.7. The van der Waals surface area contributed by atoms with Crippen LogP contribution in [0.15, 0.2) is 35.4 Å². The van der Waals surface area contributed by atoms with Gasteiger partial charge in [0.05, 0.1) is 11.4 Å². The third kappa shape index (κ3) is 1.09. The van der Waals surface area contributed by atoms with E-state index in [-0.39, 0.29) is 5.56 Å². The highest BCUT2D eigenvalue weighted by Gasteiger charge is 2.22. The van der Waals surface area contributed by atoms with E-state index in [0.29, 0.717) is 5.65 Å². The molecule has 0 atom stereocenters. The van der Waals surface area contributed by atoms with Gasteiger partial charge in [0.2, 0.25) is 5.65 Å². The second-order valence-corrected chi connectivity index (χ2v) is 4.73. The SMILES string of the molecule is Cc1ccc2c(c1)Cc1c-2[nH]c(=O)c2nccn12. The highest BCUT2D eigenvalue weighted by Crippen LogP contribution is 2.34. The Morgan fingerprint density at radius 1 is 1.39 bits per heavy atom. The predicted octanol–water partition coefficient (Wildman–Crippen LogP) is 1.90. The van der Waals surface area contributed by atoms with Gasteiger partial charge in [0.15, 0.2) is 0 Å². The third-order valence-electron chi connectivity index (χ3n) is 3.55. The standard InChI is InChI=1S/C14H11N3O/c1-8-2-3-10-9(6-8)7-11-12(10)16-14(18)13-15-4-5-17(11)13/h2-6H,7H2,1H3,(H,16,18). The number of rotatable bonds is 0. The minimum absolute atomic E-state index is 0.132. The van der Waals surface area contributed by atoms with E-state index >= 15 is 0 Å². The summed E-state index contributed by atoms with van der Waals surface area (Å²) in [5.74, 6) is 0. The molecular formula is C14H11N3O. The third-order valence-corrected chi connectivity index (χ3v) is 3.55. The molecule has 1 aromatic carbocycles. The summed E-state index contributed by atoms with van der Waals surface area (Å²) < 4.78 is 1.89. The molecular weight excluding hydrogens is 226 g/mol. The van der Waals surface area contributed by atoms with Gasteiger partial charge in [-0.2, -0.15) is 0 Å². The number of aromatic nitrogens is 3. The van der Waals surface area contributed by atoms with Gasteiger partial charge < -0.3 is 4.98 Å². The molecule has 0 spiro atoms. The molecule has 0 fully saturated rings. The van der Waals surface area contributed by atoms with Crippen LogP contribution in [0.4, 0.5) is 0 Å². The van der Waals surface area contributed by atoms with Crippen LogP contribution in [0.3, 0.4) is 0 Å². The lowest BCUT2D eigenvalue weighted by Gasteiger charge is -2.03. The van der Waals surface area contributed by atoms with E-state index in [1.54, 1.807) is 6.20 Å². The lowest BCUT2D eigenvalue weighted by molar-refractivity contribution is 1.00. The molecule has 1 aliphatic carbocycles. The molecule has 0 amide bonds. The van der Waals surface area contributed by atoms with Gasteiger partial charge in [0, 0.05) is 24.4 Å². The Kier molecular flexibility index (Phi) is 1.66. The van der Waals surface area contributed by atoms with E-state index < -0.39 is 0 Å². The zero-order valence-corrected chi connectivity index (χ0v) is 9.90. The van der Waals surface area contributed by atoms with E-state index in [0.717, 1.165) is 23.4 Å². The molecule has 3 aromatic rings. The molecule has 2 heterocycles. The van der Waals surface area contributed by atoms with Crippen LogP contribution in [0.5, 0.6) is 0 Å². The van der Waals surface area contributed by atoms with E-state index in [2.05, 4.69) is 35.1 Å². The summed E-state index contributed by atoms with van der Waals surface area (Å²) in [6.45, 7) is 2.08. The molecule has 2 aromatic heterocycles. The zero-order chi connectivity index (χ0) is 12.3. The Morgan fingerprint density at radius 2 is 2.28 bits per heavy atom. The summed E-state index contributed by atoms with van der Waals surface area (Å²) in [6.07, 6.45) is 4.36. The molecule has 0 radical (unpaired) electrons. The first-order valence-electron chi connectivity index (χ1n) is 5.92. The number of hydrogen-bond donors (Lipinski definition) is 1. The van der Waals surface area contributed by atoms with Gasteiger partial charge in [-0.05, 0) is 12.5 Å². The number of H-pyrrole nitrogens is 1. The monoisotopic (exact) mass is 237 g/mol. The van der Waals surface area contributed by atoms with Crippen LogP contribution in [-0.2, 0) is 6.42 Å². The molecule has 4 heteroatoms. The van der Waals surface area contributed by atoms with Gasteiger partial charge in [-0.15, -0.1) is 0 Å². The Labute approximate surface area is 103 Å². The smallest absolute Gasteiger partial charge is 0.292 e. The van der Waals surface area contributed by atoms with Gasteiger partial charge in [-0.25, -0.2) is 4.98 Å². The van der Waals surface area contributed by atoms with Gasteiger partial charge in [0.1, 0.15) is 0 Å². The lowest BCUT2D eigenvalue weighted by Crippen LogP contribution is -2.13. The van der Waals surface area contributed by atoms with Crippen molar-refractivity contribution >= 4 is 5.65 Å². The van der Waals surface area contributed by atoms with Crippen molar-refractivity contribution in [2.24, 2.45) is 0 Å². The highest BCUT2D eigenvalue weighted by atomic mass is 16.1. The molecule has 0 saturated carbocycles. The molecule has 0 unspecified atom stereocenters. The van der Waals surface area contributed by atoms with Crippen LogP contribution >= 0.6 is 0 Å². The maximum absolute atomic E-state index is 11.9. The average molecular weight is 237 g/mol. The number of nitrogens with one attached hydrogen (secondary N) is 1. The molecule has 18 heavy (non-hydrogen) atoms. The van der Waals surface area contributed by atoms with Crippen molar-refractivity contribution in [2.75, 3.05) is 0 Å². The van der Waals surface area contributed by atoms with Crippen LogP contribution in [0.25, 0.3) is 16.9 Å². The Bertz CT molecular complexity index is 842. The maximum Gasteiger partial charge on any atom is 0.292 e. The van der Waals surface area contributed by atoms with Crippen molar-refractivity contribution in [3.8, 4) is 11.3 Å². The van der Waals surface area contributed by atoms with Crippen LogP contribution in [0.1, 0.15) is 16.8 Å². The Balaban J connectivity index is 2.13.